The maximum Gasteiger partial charge on any atom is 0.122 e. The van der Waals surface area contributed by atoms with Gasteiger partial charge in [-0.15, -0.1) is 0 Å². The second kappa shape index (κ2) is 6.92. The summed E-state index contributed by atoms with van der Waals surface area (Å²) in [5, 5.41) is 12.6. The van der Waals surface area contributed by atoms with Gasteiger partial charge in [0.1, 0.15) is 5.75 Å². The van der Waals surface area contributed by atoms with Gasteiger partial charge in [-0.25, -0.2) is 0 Å². The van der Waals surface area contributed by atoms with Crippen LogP contribution in [0, 0.1) is 5.92 Å². The van der Waals surface area contributed by atoms with Gasteiger partial charge in [-0.1, -0.05) is 26.0 Å². The van der Waals surface area contributed by atoms with Crippen LogP contribution in [-0.2, 0) is 12.8 Å². The summed E-state index contributed by atoms with van der Waals surface area (Å²) in [4.78, 5) is 0. The van der Waals surface area contributed by atoms with Crippen LogP contribution in [0.3, 0.4) is 0 Å². The zero-order valence-electron chi connectivity index (χ0n) is 12.0. The fourth-order valence-corrected chi connectivity index (χ4v) is 2.61. The third-order valence-electron chi connectivity index (χ3n) is 3.82. The van der Waals surface area contributed by atoms with Crippen LogP contribution in [0.25, 0.3) is 0 Å². The summed E-state index contributed by atoms with van der Waals surface area (Å²) in [7, 11) is 0. The maximum absolute atomic E-state index is 9.05. The number of hydrogen-bond donors (Lipinski definition) is 2. The number of hydrogen-bond acceptors (Lipinski definition) is 3. The van der Waals surface area contributed by atoms with E-state index in [1.807, 2.05) is 0 Å². The molecular formula is C16H25NO2. The molecule has 19 heavy (non-hydrogen) atoms. The first kappa shape index (κ1) is 14.4. The highest BCUT2D eigenvalue weighted by molar-refractivity contribution is 5.39. The number of aliphatic hydroxyl groups excluding tert-OH is 1. The third kappa shape index (κ3) is 3.95. The zero-order chi connectivity index (χ0) is 13.7. The van der Waals surface area contributed by atoms with Crippen molar-refractivity contribution in [2.24, 2.45) is 5.92 Å². The molecule has 0 aliphatic carbocycles. The number of fused-ring (bicyclic) bond motifs is 1. The minimum absolute atomic E-state index is 0.256. The Kier molecular flexibility index (Phi) is 5.23. The van der Waals surface area contributed by atoms with Gasteiger partial charge in [0.25, 0.3) is 0 Å². The Morgan fingerprint density at radius 1 is 1.37 bits per heavy atom. The van der Waals surface area contributed by atoms with E-state index in [4.69, 9.17) is 9.84 Å². The van der Waals surface area contributed by atoms with Crippen LogP contribution in [0.1, 0.15) is 31.4 Å². The molecule has 1 aromatic carbocycles. The van der Waals surface area contributed by atoms with Crippen LogP contribution in [-0.4, -0.2) is 30.9 Å². The van der Waals surface area contributed by atoms with Crippen molar-refractivity contribution < 1.29 is 9.84 Å². The summed E-state index contributed by atoms with van der Waals surface area (Å²) in [5.74, 6) is 1.61. The molecule has 3 nitrogen and oxygen atoms in total. The molecule has 106 valence electrons. The highest BCUT2D eigenvalue weighted by Gasteiger charge is 2.13. The smallest absolute Gasteiger partial charge is 0.122 e. The summed E-state index contributed by atoms with van der Waals surface area (Å²) in [6, 6.07) is 6.91. The molecule has 1 aromatic rings. The molecule has 1 aliphatic rings. The number of aliphatic hydroxyl groups is 1. The minimum atomic E-state index is 0.256. The standard InChI is InChI=1S/C16H25NO2/c1-12(2)15(6-9-18)17-8-5-13-3-4-16-14(11-13)7-10-19-16/h3-4,11-12,15,17-18H,5-10H2,1-2H3. The lowest BCUT2D eigenvalue weighted by molar-refractivity contribution is 0.245. The van der Waals surface area contributed by atoms with E-state index >= 15 is 0 Å². The molecule has 0 spiro atoms. The van der Waals surface area contributed by atoms with Crippen molar-refractivity contribution >= 4 is 0 Å². The van der Waals surface area contributed by atoms with Crippen LogP contribution in [0.4, 0.5) is 0 Å². The Hall–Kier alpha value is -1.06. The first-order valence-electron chi connectivity index (χ1n) is 7.29. The van der Waals surface area contributed by atoms with Gasteiger partial charge in [-0.2, -0.15) is 0 Å². The molecule has 2 N–H and O–H groups in total. The molecule has 0 radical (unpaired) electrons. The molecule has 0 fully saturated rings. The highest BCUT2D eigenvalue weighted by Crippen LogP contribution is 2.25. The molecule has 0 amide bonds. The van der Waals surface area contributed by atoms with Gasteiger partial charge in [0.15, 0.2) is 0 Å². The lowest BCUT2D eigenvalue weighted by Crippen LogP contribution is -2.36. The summed E-state index contributed by atoms with van der Waals surface area (Å²) in [5.41, 5.74) is 2.71. The number of nitrogens with one attached hydrogen (secondary N) is 1. The summed E-state index contributed by atoms with van der Waals surface area (Å²) in [6.45, 7) is 6.43. The van der Waals surface area contributed by atoms with Gasteiger partial charge in [0, 0.05) is 19.1 Å². The molecule has 1 aliphatic heterocycles. The van der Waals surface area contributed by atoms with Crippen LogP contribution >= 0.6 is 0 Å². The van der Waals surface area contributed by atoms with E-state index in [9.17, 15) is 0 Å². The largest absolute Gasteiger partial charge is 0.493 e. The molecule has 0 aromatic heterocycles. The van der Waals surface area contributed by atoms with Gasteiger partial charge >= 0.3 is 0 Å². The van der Waals surface area contributed by atoms with E-state index in [1.165, 1.54) is 11.1 Å². The molecule has 0 bridgehead atoms. The van der Waals surface area contributed by atoms with Crippen molar-refractivity contribution in [1.29, 1.82) is 0 Å². The van der Waals surface area contributed by atoms with Gasteiger partial charge in [-0.3, -0.25) is 0 Å². The normalized spacial score (nSPS) is 15.4. The average Bonchev–Trinajstić information content (AvgIpc) is 2.85. The monoisotopic (exact) mass is 263 g/mol. The number of ether oxygens (including phenoxy) is 1. The second-order valence-electron chi connectivity index (χ2n) is 5.61. The van der Waals surface area contributed by atoms with Crippen molar-refractivity contribution in [2.45, 2.75) is 39.2 Å². The van der Waals surface area contributed by atoms with E-state index in [0.29, 0.717) is 12.0 Å². The van der Waals surface area contributed by atoms with Crippen LogP contribution in [0.2, 0.25) is 0 Å². The Labute approximate surface area is 116 Å². The molecule has 3 heteroatoms. The van der Waals surface area contributed by atoms with Crippen molar-refractivity contribution in [3.63, 3.8) is 0 Å². The maximum atomic E-state index is 9.05. The van der Waals surface area contributed by atoms with Crippen molar-refractivity contribution in [3.8, 4) is 5.75 Å². The molecule has 1 atom stereocenters. The minimum Gasteiger partial charge on any atom is -0.493 e. The molecular weight excluding hydrogens is 238 g/mol. The van der Waals surface area contributed by atoms with Gasteiger partial charge in [-0.05, 0) is 42.5 Å². The van der Waals surface area contributed by atoms with Gasteiger partial charge in [0.05, 0.1) is 6.61 Å². The van der Waals surface area contributed by atoms with Crippen molar-refractivity contribution in [3.05, 3.63) is 29.3 Å². The van der Waals surface area contributed by atoms with Gasteiger partial charge in [0.2, 0.25) is 0 Å². The van der Waals surface area contributed by atoms with E-state index in [-0.39, 0.29) is 6.61 Å². The molecule has 0 saturated carbocycles. The van der Waals surface area contributed by atoms with E-state index in [0.717, 1.165) is 38.2 Å². The summed E-state index contributed by atoms with van der Waals surface area (Å²) < 4.78 is 5.52. The van der Waals surface area contributed by atoms with Crippen LogP contribution in [0.5, 0.6) is 5.75 Å². The Balaban J connectivity index is 1.82. The van der Waals surface area contributed by atoms with Crippen LogP contribution < -0.4 is 10.1 Å². The Morgan fingerprint density at radius 3 is 2.95 bits per heavy atom. The fourth-order valence-electron chi connectivity index (χ4n) is 2.61. The first-order chi connectivity index (χ1) is 9.20. The average molecular weight is 263 g/mol. The lowest BCUT2D eigenvalue weighted by atomic mass is 10.0. The zero-order valence-corrected chi connectivity index (χ0v) is 12.0. The highest BCUT2D eigenvalue weighted by atomic mass is 16.5. The van der Waals surface area contributed by atoms with Gasteiger partial charge < -0.3 is 15.2 Å². The Bertz CT molecular complexity index is 404. The first-order valence-corrected chi connectivity index (χ1v) is 7.29. The topological polar surface area (TPSA) is 41.5 Å². The predicted molar refractivity (Wildman–Crippen MR) is 77.7 cm³/mol. The second-order valence-corrected chi connectivity index (χ2v) is 5.61. The molecule has 1 unspecified atom stereocenters. The van der Waals surface area contributed by atoms with E-state index in [1.54, 1.807) is 0 Å². The quantitative estimate of drug-likeness (QED) is 0.792. The Morgan fingerprint density at radius 2 is 2.21 bits per heavy atom. The van der Waals surface area contributed by atoms with Crippen molar-refractivity contribution in [2.75, 3.05) is 19.8 Å². The molecule has 0 saturated heterocycles. The van der Waals surface area contributed by atoms with Crippen molar-refractivity contribution in [1.82, 2.24) is 5.32 Å². The third-order valence-corrected chi connectivity index (χ3v) is 3.82. The predicted octanol–water partition coefficient (Wildman–Crippen LogP) is 2.16. The summed E-state index contributed by atoms with van der Waals surface area (Å²) in [6.07, 6.45) is 2.90. The number of benzene rings is 1. The number of rotatable bonds is 7. The summed E-state index contributed by atoms with van der Waals surface area (Å²) >= 11 is 0. The fraction of sp³-hybridized carbons (Fsp3) is 0.625. The lowest BCUT2D eigenvalue weighted by Gasteiger charge is -2.21. The SMILES string of the molecule is CC(C)C(CCO)NCCc1ccc2c(c1)CCO2. The van der Waals surface area contributed by atoms with Crippen LogP contribution in [0.15, 0.2) is 18.2 Å². The molecule has 1 heterocycles. The van der Waals surface area contributed by atoms with E-state index in [2.05, 4.69) is 37.4 Å². The molecule has 2 rings (SSSR count). The van der Waals surface area contributed by atoms with E-state index < -0.39 is 0 Å².